The van der Waals surface area contributed by atoms with E-state index < -0.39 is 22.7 Å². The van der Waals surface area contributed by atoms with E-state index in [4.69, 9.17) is 0 Å². The summed E-state index contributed by atoms with van der Waals surface area (Å²) in [5.74, 6) is -1.32. The van der Waals surface area contributed by atoms with Crippen LogP contribution in [0.2, 0.25) is 0 Å². The van der Waals surface area contributed by atoms with E-state index in [1.807, 2.05) is 0 Å². The fourth-order valence-corrected chi connectivity index (χ4v) is 2.01. The Balaban J connectivity index is 2.21. The summed E-state index contributed by atoms with van der Waals surface area (Å²) < 4.78 is 13.5. The van der Waals surface area contributed by atoms with Gasteiger partial charge in [-0.25, -0.2) is 4.39 Å². The van der Waals surface area contributed by atoms with E-state index >= 15 is 0 Å². The largest absolute Gasteiger partial charge is 0.345 e. The van der Waals surface area contributed by atoms with E-state index in [1.165, 1.54) is 18.3 Å². The van der Waals surface area contributed by atoms with Gasteiger partial charge < -0.3 is 5.32 Å². The van der Waals surface area contributed by atoms with Crippen LogP contribution in [0.4, 0.5) is 10.1 Å². The Kier molecular flexibility index (Phi) is 4.45. The smallest absolute Gasteiger partial charge is 0.272 e. The van der Waals surface area contributed by atoms with Crippen molar-refractivity contribution < 1.29 is 14.1 Å². The van der Waals surface area contributed by atoms with Crippen LogP contribution >= 0.6 is 0 Å². The molecule has 1 heterocycles. The highest BCUT2D eigenvalue weighted by atomic mass is 19.1. The lowest BCUT2D eigenvalue weighted by atomic mass is 10.0. The van der Waals surface area contributed by atoms with E-state index in [1.54, 1.807) is 26.0 Å². The maximum absolute atomic E-state index is 13.5. The number of hydrogen-bond donors (Lipinski definition) is 1. The molecule has 7 heteroatoms. The monoisotopic (exact) mass is 303 g/mol. The Labute approximate surface area is 126 Å². The second-order valence-electron chi connectivity index (χ2n) is 4.85. The third-order valence-corrected chi connectivity index (χ3v) is 3.29. The van der Waals surface area contributed by atoms with Gasteiger partial charge in [0.15, 0.2) is 5.82 Å². The Morgan fingerprint density at radius 2 is 2.14 bits per heavy atom. The van der Waals surface area contributed by atoms with Crippen LogP contribution in [0, 0.1) is 22.9 Å². The molecule has 0 saturated heterocycles. The predicted molar refractivity (Wildman–Crippen MR) is 77.9 cm³/mol. The number of aryl methyl sites for hydroxylation is 1. The molecule has 0 radical (unpaired) electrons. The number of hydrogen-bond acceptors (Lipinski definition) is 4. The van der Waals surface area contributed by atoms with Gasteiger partial charge in [0, 0.05) is 17.8 Å². The van der Waals surface area contributed by atoms with Gasteiger partial charge in [0.25, 0.3) is 11.6 Å². The number of halogens is 1. The second-order valence-corrected chi connectivity index (χ2v) is 4.85. The van der Waals surface area contributed by atoms with Gasteiger partial charge in [0.1, 0.15) is 0 Å². The lowest BCUT2D eigenvalue weighted by molar-refractivity contribution is -0.385. The maximum atomic E-state index is 13.5. The van der Waals surface area contributed by atoms with Gasteiger partial charge in [-0.05, 0) is 25.5 Å². The van der Waals surface area contributed by atoms with E-state index in [2.05, 4.69) is 10.3 Å². The molecule has 0 aliphatic rings. The van der Waals surface area contributed by atoms with E-state index in [9.17, 15) is 19.3 Å². The highest BCUT2D eigenvalue weighted by Crippen LogP contribution is 2.23. The Morgan fingerprint density at radius 1 is 1.41 bits per heavy atom. The number of pyridine rings is 1. The van der Waals surface area contributed by atoms with E-state index in [-0.39, 0.29) is 11.3 Å². The van der Waals surface area contributed by atoms with E-state index in [0.717, 1.165) is 6.20 Å². The fourth-order valence-electron chi connectivity index (χ4n) is 2.01. The molecule has 2 rings (SSSR count). The molecule has 1 aromatic carbocycles. The van der Waals surface area contributed by atoms with Gasteiger partial charge in [-0.15, -0.1) is 0 Å². The molecule has 22 heavy (non-hydrogen) atoms. The van der Waals surface area contributed by atoms with Crippen LogP contribution in [0.3, 0.4) is 0 Å². The van der Waals surface area contributed by atoms with Gasteiger partial charge in [0.2, 0.25) is 0 Å². The van der Waals surface area contributed by atoms with Crippen molar-refractivity contribution in [3.05, 3.63) is 69.3 Å². The zero-order valence-corrected chi connectivity index (χ0v) is 12.0. The molecule has 1 atom stereocenters. The number of aromatic nitrogens is 1. The highest BCUT2D eigenvalue weighted by molar-refractivity contribution is 5.94. The van der Waals surface area contributed by atoms with Crippen molar-refractivity contribution in [2.45, 2.75) is 19.9 Å². The van der Waals surface area contributed by atoms with Crippen LogP contribution in [0.1, 0.15) is 34.5 Å². The van der Waals surface area contributed by atoms with Crippen molar-refractivity contribution >= 4 is 11.6 Å². The van der Waals surface area contributed by atoms with Crippen LogP contribution in [-0.4, -0.2) is 15.8 Å². The number of rotatable bonds is 4. The second kappa shape index (κ2) is 6.30. The predicted octanol–water partition coefficient (Wildman–Crippen LogP) is 2.93. The molecule has 114 valence electrons. The van der Waals surface area contributed by atoms with Crippen molar-refractivity contribution in [2.75, 3.05) is 0 Å². The van der Waals surface area contributed by atoms with Gasteiger partial charge in [0.05, 0.1) is 22.7 Å². The summed E-state index contributed by atoms with van der Waals surface area (Å²) in [5.41, 5.74) is 0.963. The average molecular weight is 303 g/mol. The number of carbonyl (C=O) groups excluding carboxylic acids is 1. The average Bonchev–Trinajstić information content (AvgIpc) is 2.47. The number of nitro benzene ring substituents is 1. The zero-order valence-electron chi connectivity index (χ0n) is 12.0. The summed E-state index contributed by atoms with van der Waals surface area (Å²) in [6.45, 7) is 3.31. The first-order chi connectivity index (χ1) is 10.4. The molecule has 0 aliphatic heterocycles. The Morgan fingerprint density at radius 3 is 2.77 bits per heavy atom. The summed E-state index contributed by atoms with van der Waals surface area (Å²) in [7, 11) is 0. The summed E-state index contributed by atoms with van der Waals surface area (Å²) >= 11 is 0. The van der Waals surface area contributed by atoms with Crippen molar-refractivity contribution in [2.24, 2.45) is 0 Å². The molecule has 1 amide bonds. The molecule has 0 bridgehead atoms. The molecule has 1 aromatic heterocycles. The topological polar surface area (TPSA) is 85.1 Å². The first kappa shape index (κ1) is 15.6. The Bertz CT molecular complexity index is 734. The molecule has 6 nitrogen and oxygen atoms in total. The van der Waals surface area contributed by atoms with Crippen LogP contribution in [0.15, 0.2) is 36.7 Å². The van der Waals surface area contributed by atoms with Crippen LogP contribution in [-0.2, 0) is 0 Å². The Hall–Kier alpha value is -2.83. The minimum atomic E-state index is -0.720. The van der Waals surface area contributed by atoms with Gasteiger partial charge in [-0.1, -0.05) is 12.1 Å². The third kappa shape index (κ3) is 3.25. The van der Waals surface area contributed by atoms with Gasteiger partial charge in [-0.3, -0.25) is 19.9 Å². The van der Waals surface area contributed by atoms with Crippen molar-refractivity contribution in [1.82, 2.24) is 10.3 Å². The van der Waals surface area contributed by atoms with Gasteiger partial charge in [-0.2, -0.15) is 0 Å². The van der Waals surface area contributed by atoms with Crippen molar-refractivity contribution in [1.29, 1.82) is 0 Å². The van der Waals surface area contributed by atoms with Crippen LogP contribution in [0.25, 0.3) is 0 Å². The molecule has 0 saturated carbocycles. The summed E-state index contributed by atoms with van der Waals surface area (Å²) in [6, 6.07) is 5.48. The molecule has 0 spiro atoms. The number of nitrogens with one attached hydrogen (secondary N) is 1. The number of amides is 1. The molecular formula is C15H14FN3O3. The maximum Gasteiger partial charge on any atom is 0.272 e. The van der Waals surface area contributed by atoms with Gasteiger partial charge >= 0.3 is 0 Å². The number of nitro groups is 1. The summed E-state index contributed by atoms with van der Waals surface area (Å²) in [6.07, 6.45) is 2.27. The minimum absolute atomic E-state index is 0.0197. The van der Waals surface area contributed by atoms with Crippen molar-refractivity contribution in [3.8, 4) is 0 Å². The molecule has 0 fully saturated rings. The van der Waals surface area contributed by atoms with Crippen LogP contribution < -0.4 is 5.32 Å². The summed E-state index contributed by atoms with van der Waals surface area (Å²) in [4.78, 5) is 26.1. The van der Waals surface area contributed by atoms with Crippen molar-refractivity contribution in [3.63, 3.8) is 0 Å². The SMILES string of the molecule is Cc1ccc([C@H](C)NC(=O)c2ccncc2F)cc1[N+](=O)[O-]. The fraction of sp³-hybridized carbons (Fsp3) is 0.200. The quantitative estimate of drug-likeness (QED) is 0.695. The lowest BCUT2D eigenvalue weighted by Gasteiger charge is -2.15. The molecule has 0 unspecified atom stereocenters. The standard InChI is InChI=1S/C15H14FN3O3/c1-9-3-4-11(7-14(9)19(21)22)10(2)18-15(20)12-5-6-17-8-13(12)16/h3-8,10H,1-2H3,(H,18,20)/t10-/m0/s1. The third-order valence-electron chi connectivity index (χ3n) is 3.29. The first-order valence-corrected chi connectivity index (χ1v) is 6.55. The molecule has 2 aromatic rings. The number of carbonyl (C=O) groups is 1. The number of nitrogens with zero attached hydrogens (tertiary/aromatic N) is 2. The molecule has 0 aliphatic carbocycles. The lowest BCUT2D eigenvalue weighted by Crippen LogP contribution is -2.27. The van der Waals surface area contributed by atoms with Crippen LogP contribution in [0.5, 0.6) is 0 Å². The van der Waals surface area contributed by atoms with E-state index in [0.29, 0.717) is 11.1 Å². The highest BCUT2D eigenvalue weighted by Gasteiger charge is 2.18. The molecule has 1 N–H and O–H groups in total. The number of benzene rings is 1. The first-order valence-electron chi connectivity index (χ1n) is 6.55. The minimum Gasteiger partial charge on any atom is -0.345 e. The normalized spacial score (nSPS) is 11.8. The molecular weight excluding hydrogens is 289 g/mol. The zero-order chi connectivity index (χ0) is 16.3. The summed E-state index contributed by atoms with van der Waals surface area (Å²) in [5, 5.41) is 13.6.